The molecule has 0 fully saturated rings. The van der Waals surface area contributed by atoms with Crippen LogP contribution in [0.15, 0.2) is 42.5 Å². The van der Waals surface area contributed by atoms with E-state index in [1.165, 1.54) is 12.0 Å². The molecule has 0 radical (unpaired) electrons. The maximum atomic E-state index is 13.6. The minimum Gasteiger partial charge on any atom is -0.495 e. The van der Waals surface area contributed by atoms with E-state index in [1.54, 1.807) is 49.4 Å². The minimum atomic E-state index is -3.87. The fourth-order valence-corrected chi connectivity index (χ4v) is 4.50. The van der Waals surface area contributed by atoms with Gasteiger partial charge in [-0.15, -0.1) is 0 Å². The third-order valence-electron chi connectivity index (χ3n) is 5.04. The second-order valence-corrected chi connectivity index (χ2v) is 11.8. The number of sulfonamides is 1. The number of nitrogens with one attached hydrogen (secondary N) is 1. The monoisotopic (exact) mass is 543 g/mol. The van der Waals surface area contributed by atoms with Crippen molar-refractivity contribution in [1.82, 2.24) is 10.2 Å². The highest BCUT2D eigenvalue weighted by atomic mass is 35.5. The Morgan fingerprint density at radius 1 is 1.09 bits per heavy atom. The average Bonchev–Trinajstić information content (AvgIpc) is 2.75. The zero-order valence-electron chi connectivity index (χ0n) is 20.6. The van der Waals surface area contributed by atoms with Crippen molar-refractivity contribution in [3.8, 4) is 5.75 Å². The molecular formula is C24H31Cl2N3O5S. The standard InChI is InChI=1S/C24H31Cl2N3O5S/c1-16(23(31)27-24(2,3)4)28(14-17-11-12-18(25)19(26)13-17)22(30)15-29(35(6,32)33)20-9-7-8-10-21(20)34-5/h7-13,16H,14-15H2,1-6H3,(H,27,31)/t16-/m1/s1. The lowest BCUT2D eigenvalue weighted by Gasteiger charge is -2.33. The number of rotatable bonds is 9. The summed E-state index contributed by atoms with van der Waals surface area (Å²) >= 11 is 12.2. The predicted molar refractivity (Wildman–Crippen MR) is 140 cm³/mol. The van der Waals surface area contributed by atoms with Gasteiger partial charge in [-0.3, -0.25) is 13.9 Å². The maximum absolute atomic E-state index is 13.6. The zero-order valence-corrected chi connectivity index (χ0v) is 23.0. The number of carbonyl (C=O) groups is 2. The Labute approximate surface area is 217 Å². The van der Waals surface area contributed by atoms with Crippen molar-refractivity contribution in [2.45, 2.75) is 45.8 Å². The summed E-state index contributed by atoms with van der Waals surface area (Å²) in [6.45, 7) is 6.55. The van der Waals surface area contributed by atoms with E-state index < -0.39 is 34.1 Å². The Kier molecular flexibility index (Phi) is 9.44. The normalized spacial score (nSPS) is 12.6. The van der Waals surface area contributed by atoms with Gasteiger partial charge in [0.2, 0.25) is 21.8 Å². The van der Waals surface area contributed by atoms with Crippen LogP contribution in [0.1, 0.15) is 33.3 Å². The zero-order chi connectivity index (χ0) is 26.6. The lowest BCUT2D eigenvalue weighted by Crippen LogP contribution is -2.54. The summed E-state index contributed by atoms with van der Waals surface area (Å²) in [4.78, 5) is 27.9. The molecule has 0 heterocycles. The molecular weight excluding hydrogens is 513 g/mol. The van der Waals surface area contributed by atoms with E-state index in [0.717, 1.165) is 10.6 Å². The molecule has 35 heavy (non-hydrogen) atoms. The molecule has 11 heteroatoms. The topological polar surface area (TPSA) is 96.0 Å². The van der Waals surface area contributed by atoms with E-state index in [1.807, 2.05) is 20.8 Å². The Hall–Kier alpha value is -2.49. The molecule has 1 N–H and O–H groups in total. The highest BCUT2D eigenvalue weighted by Crippen LogP contribution is 2.30. The van der Waals surface area contributed by atoms with Crippen LogP contribution in [0.4, 0.5) is 5.69 Å². The van der Waals surface area contributed by atoms with E-state index in [9.17, 15) is 18.0 Å². The van der Waals surface area contributed by atoms with E-state index in [4.69, 9.17) is 27.9 Å². The van der Waals surface area contributed by atoms with Gasteiger partial charge in [0.25, 0.3) is 0 Å². The molecule has 0 aliphatic rings. The van der Waals surface area contributed by atoms with Gasteiger partial charge in [0.1, 0.15) is 18.3 Å². The summed E-state index contributed by atoms with van der Waals surface area (Å²) in [7, 11) is -2.46. The molecule has 8 nitrogen and oxygen atoms in total. The molecule has 192 valence electrons. The molecule has 2 rings (SSSR count). The van der Waals surface area contributed by atoms with Crippen LogP contribution in [0, 0.1) is 0 Å². The summed E-state index contributed by atoms with van der Waals surface area (Å²) in [5, 5.41) is 3.52. The summed E-state index contributed by atoms with van der Waals surface area (Å²) in [6, 6.07) is 10.5. The van der Waals surface area contributed by atoms with Gasteiger partial charge in [0, 0.05) is 12.1 Å². The second kappa shape index (κ2) is 11.5. The molecule has 2 aromatic rings. The molecule has 0 saturated carbocycles. The van der Waals surface area contributed by atoms with Gasteiger partial charge in [0.15, 0.2) is 0 Å². The number of hydrogen-bond acceptors (Lipinski definition) is 5. The Morgan fingerprint density at radius 2 is 1.71 bits per heavy atom. The Morgan fingerprint density at radius 3 is 2.26 bits per heavy atom. The summed E-state index contributed by atoms with van der Waals surface area (Å²) in [5.41, 5.74) is 0.318. The molecule has 0 aliphatic carbocycles. The smallest absolute Gasteiger partial charge is 0.244 e. The van der Waals surface area contributed by atoms with E-state index in [-0.39, 0.29) is 18.1 Å². The molecule has 0 aliphatic heterocycles. The van der Waals surface area contributed by atoms with Crippen molar-refractivity contribution in [3.63, 3.8) is 0 Å². The Bertz CT molecular complexity index is 1180. The number of benzene rings is 2. The van der Waals surface area contributed by atoms with Crippen molar-refractivity contribution in [2.24, 2.45) is 0 Å². The predicted octanol–water partition coefficient (Wildman–Crippen LogP) is 4.10. The molecule has 0 aromatic heterocycles. The molecule has 2 aromatic carbocycles. The number of ether oxygens (including phenoxy) is 1. The van der Waals surface area contributed by atoms with Gasteiger partial charge in [-0.25, -0.2) is 8.42 Å². The molecule has 2 amide bonds. The van der Waals surface area contributed by atoms with Crippen LogP contribution in [-0.2, 0) is 26.2 Å². The van der Waals surface area contributed by atoms with Crippen LogP contribution >= 0.6 is 23.2 Å². The minimum absolute atomic E-state index is 0.0119. The van der Waals surface area contributed by atoms with Gasteiger partial charge in [0.05, 0.1) is 29.1 Å². The quantitative estimate of drug-likeness (QED) is 0.513. The number of amides is 2. The summed E-state index contributed by atoms with van der Waals surface area (Å²) < 4.78 is 31.6. The van der Waals surface area contributed by atoms with Gasteiger partial charge in [-0.05, 0) is 57.5 Å². The summed E-state index contributed by atoms with van der Waals surface area (Å²) in [5.74, 6) is -0.668. The first-order valence-electron chi connectivity index (χ1n) is 10.8. The van der Waals surface area contributed by atoms with Crippen molar-refractivity contribution >= 4 is 50.7 Å². The fraction of sp³-hybridized carbons (Fsp3) is 0.417. The van der Waals surface area contributed by atoms with E-state index >= 15 is 0 Å². The van der Waals surface area contributed by atoms with Crippen molar-refractivity contribution in [1.29, 1.82) is 0 Å². The van der Waals surface area contributed by atoms with Gasteiger partial charge < -0.3 is 15.0 Å². The highest BCUT2D eigenvalue weighted by Gasteiger charge is 2.32. The number of nitrogens with zero attached hydrogens (tertiary/aromatic N) is 2. The molecule has 0 saturated heterocycles. The largest absolute Gasteiger partial charge is 0.495 e. The van der Waals surface area contributed by atoms with Crippen molar-refractivity contribution in [3.05, 3.63) is 58.1 Å². The average molecular weight is 545 g/mol. The SMILES string of the molecule is COc1ccccc1N(CC(=O)N(Cc1ccc(Cl)c(Cl)c1)[C@H](C)C(=O)NC(C)(C)C)S(C)(=O)=O. The van der Waals surface area contributed by atoms with Gasteiger partial charge >= 0.3 is 0 Å². The third-order valence-corrected chi connectivity index (χ3v) is 6.90. The van der Waals surface area contributed by atoms with Crippen LogP contribution in [0.5, 0.6) is 5.75 Å². The molecule has 1 atom stereocenters. The maximum Gasteiger partial charge on any atom is 0.244 e. The number of halogens is 2. The highest BCUT2D eigenvalue weighted by molar-refractivity contribution is 7.92. The number of anilines is 1. The first-order chi connectivity index (χ1) is 16.1. The van der Waals surface area contributed by atoms with Crippen LogP contribution in [0.2, 0.25) is 10.0 Å². The first-order valence-corrected chi connectivity index (χ1v) is 13.4. The fourth-order valence-electron chi connectivity index (χ4n) is 3.32. The first kappa shape index (κ1) is 28.7. The van der Waals surface area contributed by atoms with E-state index in [0.29, 0.717) is 21.4 Å². The number of para-hydroxylation sites is 2. The number of carbonyl (C=O) groups excluding carboxylic acids is 2. The lowest BCUT2D eigenvalue weighted by atomic mass is 10.1. The molecule has 0 bridgehead atoms. The van der Waals surface area contributed by atoms with Crippen LogP contribution in [0.25, 0.3) is 0 Å². The Balaban J connectivity index is 2.47. The van der Waals surface area contributed by atoms with E-state index in [2.05, 4.69) is 5.32 Å². The van der Waals surface area contributed by atoms with Gasteiger partial charge in [-0.2, -0.15) is 0 Å². The number of hydrogen-bond donors (Lipinski definition) is 1. The molecule has 0 spiro atoms. The molecule has 0 unspecified atom stereocenters. The van der Waals surface area contributed by atoms with Gasteiger partial charge in [-0.1, -0.05) is 41.4 Å². The lowest BCUT2D eigenvalue weighted by molar-refractivity contribution is -0.140. The van der Waals surface area contributed by atoms with Crippen molar-refractivity contribution < 1.29 is 22.7 Å². The third kappa shape index (κ3) is 8.02. The van der Waals surface area contributed by atoms with Crippen LogP contribution in [0.3, 0.4) is 0 Å². The van der Waals surface area contributed by atoms with Crippen molar-refractivity contribution in [2.75, 3.05) is 24.2 Å². The number of methoxy groups -OCH3 is 1. The second-order valence-electron chi connectivity index (χ2n) is 9.13. The van der Waals surface area contributed by atoms with Crippen LogP contribution < -0.4 is 14.4 Å². The van der Waals surface area contributed by atoms with Crippen LogP contribution in [-0.4, -0.2) is 56.6 Å². The summed E-state index contributed by atoms with van der Waals surface area (Å²) in [6.07, 6.45) is 1.01.